The molecule has 0 aliphatic carbocycles. The van der Waals surface area contributed by atoms with Gasteiger partial charge in [0.15, 0.2) is 30.4 Å². The molecule has 0 radical (unpaired) electrons. The molecular weight excluding hydrogens is 330 g/mol. The van der Waals surface area contributed by atoms with E-state index in [9.17, 15) is 0 Å². The van der Waals surface area contributed by atoms with Crippen LogP contribution in [0.2, 0.25) is 0 Å². The standard InChI is InChI=1S/C21H24NO4/c1-23-17-7-5-15(6-8-17)9-11-22-12-10-18-16(14-22)13-19(24-2)21(26-4)20(18)25-3/h5-8,10,12-14H,9,11H2,1-4H3/q+1. The number of benzene rings is 2. The molecule has 0 aliphatic rings. The molecule has 0 aliphatic heterocycles. The van der Waals surface area contributed by atoms with Crippen molar-refractivity contribution in [3.8, 4) is 23.0 Å². The number of fused-ring (bicyclic) bond motifs is 1. The summed E-state index contributed by atoms with van der Waals surface area (Å²) in [5.74, 6) is 2.83. The molecule has 5 heteroatoms. The highest BCUT2D eigenvalue weighted by Crippen LogP contribution is 2.42. The molecule has 0 amide bonds. The van der Waals surface area contributed by atoms with Crippen LogP contribution < -0.4 is 23.5 Å². The zero-order valence-corrected chi connectivity index (χ0v) is 15.6. The molecule has 0 unspecified atom stereocenters. The van der Waals surface area contributed by atoms with Crippen molar-refractivity contribution in [2.75, 3.05) is 28.4 Å². The van der Waals surface area contributed by atoms with Gasteiger partial charge in [0.05, 0.1) is 33.8 Å². The third-order valence-corrected chi connectivity index (χ3v) is 4.46. The van der Waals surface area contributed by atoms with Crippen LogP contribution in [-0.2, 0) is 13.0 Å². The van der Waals surface area contributed by atoms with Crippen molar-refractivity contribution in [2.24, 2.45) is 0 Å². The minimum atomic E-state index is 0.610. The molecule has 1 heterocycles. The van der Waals surface area contributed by atoms with Crippen LogP contribution >= 0.6 is 0 Å². The normalized spacial score (nSPS) is 10.6. The number of aryl methyl sites for hydroxylation is 2. The first-order valence-electron chi connectivity index (χ1n) is 8.45. The van der Waals surface area contributed by atoms with Gasteiger partial charge in [0.25, 0.3) is 0 Å². The van der Waals surface area contributed by atoms with Crippen LogP contribution in [0.15, 0.2) is 48.8 Å². The second-order valence-corrected chi connectivity index (χ2v) is 5.93. The van der Waals surface area contributed by atoms with Crippen molar-refractivity contribution in [2.45, 2.75) is 13.0 Å². The zero-order chi connectivity index (χ0) is 18.5. The molecule has 2 aromatic carbocycles. The van der Waals surface area contributed by atoms with E-state index in [1.807, 2.05) is 24.3 Å². The summed E-state index contributed by atoms with van der Waals surface area (Å²) in [4.78, 5) is 0. The molecule has 1 aromatic heterocycles. The lowest BCUT2D eigenvalue weighted by atomic mass is 10.1. The molecule has 0 bridgehead atoms. The van der Waals surface area contributed by atoms with E-state index in [-0.39, 0.29) is 0 Å². The highest BCUT2D eigenvalue weighted by atomic mass is 16.5. The second kappa shape index (κ2) is 7.95. The molecule has 26 heavy (non-hydrogen) atoms. The molecule has 0 saturated heterocycles. The van der Waals surface area contributed by atoms with E-state index in [0.29, 0.717) is 17.2 Å². The van der Waals surface area contributed by atoms with Crippen LogP contribution in [0.4, 0.5) is 0 Å². The Kier molecular flexibility index (Phi) is 5.46. The van der Waals surface area contributed by atoms with Gasteiger partial charge < -0.3 is 18.9 Å². The third-order valence-electron chi connectivity index (χ3n) is 4.46. The van der Waals surface area contributed by atoms with Crippen LogP contribution in [0.3, 0.4) is 0 Å². The largest absolute Gasteiger partial charge is 0.497 e. The first kappa shape index (κ1) is 17.9. The predicted octanol–water partition coefficient (Wildman–Crippen LogP) is 3.40. The van der Waals surface area contributed by atoms with E-state index in [1.165, 1.54) is 5.56 Å². The zero-order valence-electron chi connectivity index (χ0n) is 15.6. The fraction of sp³-hybridized carbons (Fsp3) is 0.286. The topological polar surface area (TPSA) is 40.8 Å². The SMILES string of the molecule is COc1ccc(CC[n+]2ccc3c(OC)c(OC)c(OC)cc3c2)cc1. The first-order chi connectivity index (χ1) is 12.7. The van der Waals surface area contributed by atoms with Crippen molar-refractivity contribution in [1.29, 1.82) is 0 Å². The summed E-state index contributed by atoms with van der Waals surface area (Å²) in [5.41, 5.74) is 1.27. The minimum absolute atomic E-state index is 0.610. The fourth-order valence-corrected chi connectivity index (χ4v) is 3.06. The van der Waals surface area contributed by atoms with Gasteiger partial charge in [0.2, 0.25) is 5.75 Å². The molecule has 3 aromatic rings. The highest BCUT2D eigenvalue weighted by Gasteiger charge is 2.18. The number of aromatic nitrogens is 1. The minimum Gasteiger partial charge on any atom is -0.497 e. The van der Waals surface area contributed by atoms with Crippen molar-refractivity contribution >= 4 is 10.8 Å². The van der Waals surface area contributed by atoms with E-state index in [4.69, 9.17) is 18.9 Å². The molecular formula is C21H24NO4+. The molecule has 0 saturated carbocycles. The van der Waals surface area contributed by atoms with Gasteiger partial charge >= 0.3 is 0 Å². The van der Waals surface area contributed by atoms with E-state index in [0.717, 1.165) is 29.5 Å². The molecule has 5 nitrogen and oxygen atoms in total. The van der Waals surface area contributed by atoms with Crippen LogP contribution in [-0.4, -0.2) is 28.4 Å². The highest BCUT2D eigenvalue weighted by molar-refractivity contribution is 5.91. The number of pyridine rings is 1. The lowest BCUT2D eigenvalue weighted by Crippen LogP contribution is -2.33. The Balaban J connectivity index is 1.88. The Morgan fingerprint density at radius 1 is 0.808 bits per heavy atom. The number of methoxy groups -OCH3 is 4. The Bertz CT molecular complexity index is 891. The Labute approximate surface area is 153 Å². The lowest BCUT2D eigenvalue weighted by Gasteiger charge is -2.14. The molecule has 0 fully saturated rings. The number of hydrogen-bond donors (Lipinski definition) is 0. The fourth-order valence-electron chi connectivity index (χ4n) is 3.06. The molecule has 0 N–H and O–H groups in total. The van der Waals surface area contributed by atoms with Crippen molar-refractivity contribution in [3.63, 3.8) is 0 Å². The van der Waals surface area contributed by atoms with Gasteiger partial charge in [-0.2, -0.15) is 0 Å². The van der Waals surface area contributed by atoms with Gasteiger partial charge in [0.1, 0.15) is 5.75 Å². The maximum atomic E-state index is 5.56. The number of ether oxygens (including phenoxy) is 4. The molecule has 0 atom stereocenters. The third kappa shape index (κ3) is 3.52. The van der Waals surface area contributed by atoms with Gasteiger partial charge in [0, 0.05) is 17.9 Å². The van der Waals surface area contributed by atoms with Crippen LogP contribution in [0, 0.1) is 0 Å². The molecule has 0 spiro atoms. The smallest absolute Gasteiger partial charge is 0.203 e. The summed E-state index contributed by atoms with van der Waals surface area (Å²) in [6, 6.07) is 12.2. The Morgan fingerprint density at radius 3 is 2.15 bits per heavy atom. The maximum absolute atomic E-state index is 5.56. The van der Waals surface area contributed by atoms with Gasteiger partial charge in [-0.15, -0.1) is 0 Å². The van der Waals surface area contributed by atoms with E-state index in [2.05, 4.69) is 29.1 Å². The molecule has 3 rings (SSSR count). The summed E-state index contributed by atoms with van der Waals surface area (Å²) in [6.45, 7) is 0.874. The first-order valence-corrected chi connectivity index (χ1v) is 8.45. The number of nitrogens with zero attached hydrogens (tertiary/aromatic N) is 1. The number of rotatable bonds is 7. The van der Waals surface area contributed by atoms with Gasteiger partial charge in [-0.1, -0.05) is 12.1 Å². The Morgan fingerprint density at radius 2 is 1.54 bits per heavy atom. The quantitative estimate of drug-likeness (QED) is 0.610. The van der Waals surface area contributed by atoms with Crippen LogP contribution in [0.1, 0.15) is 5.56 Å². The summed E-state index contributed by atoms with van der Waals surface area (Å²) >= 11 is 0. The predicted molar refractivity (Wildman–Crippen MR) is 100 cm³/mol. The second-order valence-electron chi connectivity index (χ2n) is 5.93. The van der Waals surface area contributed by atoms with E-state index in [1.54, 1.807) is 28.4 Å². The van der Waals surface area contributed by atoms with E-state index >= 15 is 0 Å². The van der Waals surface area contributed by atoms with Crippen molar-refractivity contribution in [3.05, 3.63) is 54.4 Å². The monoisotopic (exact) mass is 354 g/mol. The average molecular weight is 354 g/mol. The molecule has 136 valence electrons. The van der Waals surface area contributed by atoms with Crippen molar-refractivity contribution in [1.82, 2.24) is 0 Å². The summed E-state index contributed by atoms with van der Waals surface area (Å²) < 4.78 is 23.8. The number of hydrogen-bond acceptors (Lipinski definition) is 4. The lowest BCUT2D eigenvalue weighted by molar-refractivity contribution is -0.695. The van der Waals surface area contributed by atoms with Gasteiger partial charge in [-0.25, -0.2) is 4.57 Å². The van der Waals surface area contributed by atoms with Crippen LogP contribution in [0.5, 0.6) is 23.0 Å². The van der Waals surface area contributed by atoms with Gasteiger partial charge in [-0.05, 0) is 23.8 Å². The van der Waals surface area contributed by atoms with E-state index < -0.39 is 0 Å². The average Bonchev–Trinajstić information content (AvgIpc) is 2.70. The van der Waals surface area contributed by atoms with Crippen molar-refractivity contribution < 1.29 is 23.5 Å². The van der Waals surface area contributed by atoms with Gasteiger partial charge in [-0.3, -0.25) is 0 Å². The maximum Gasteiger partial charge on any atom is 0.203 e. The summed E-state index contributed by atoms with van der Waals surface area (Å²) in [7, 11) is 6.56. The van der Waals surface area contributed by atoms with Crippen LogP contribution in [0.25, 0.3) is 10.8 Å². The summed E-state index contributed by atoms with van der Waals surface area (Å²) in [5, 5.41) is 2.03. The summed E-state index contributed by atoms with van der Waals surface area (Å²) in [6.07, 6.45) is 5.09. The Hall–Kier alpha value is -2.95.